The van der Waals surface area contributed by atoms with Gasteiger partial charge < -0.3 is 15.1 Å². The molecule has 29 heavy (non-hydrogen) atoms. The van der Waals surface area contributed by atoms with Crippen LogP contribution in [-0.2, 0) is 6.42 Å². The molecule has 2 aromatic carbocycles. The number of aromatic nitrogens is 2. The first-order chi connectivity index (χ1) is 14.1. The lowest BCUT2D eigenvalue weighted by Gasteiger charge is -2.36. The SMILES string of the molecule is CCc1ccc(Nc2cc(C)nc(N3CCN(c4ccccc4F)CC3)n2)cc1. The molecule has 1 saturated heterocycles. The fourth-order valence-electron chi connectivity index (χ4n) is 3.59. The molecule has 0 unspecified atom stereocenters. The minimum absolute atomic E-state index is 0.173. The minimum Gasteiger partial charge on any atom is -0.366 e. The molecule has 0 spiro atoms. The van der Waals surface area contributed by atoms with Crippen LogP contribution in [0.25, 0.3) is 0 Å². The summed E-state index contributed by atoms with van der Waals surface area (Å²) in [5.41, 5.74) is 3.90. The van der Waals surface area contributed by atoms with E-state index in [-0.39, 0.29) is 5.82 Å². The fourth-order valence-corrected chi connectivity index (χ4v) is 3.59. The first-order valence-corrected chi connectivity index (χ1v) is 10.1. The Morgan fingerprint density at radius 2 is 1.62 bits per heavy atom. The first kappa shape index (κ1) is 19.2. The average Bonchev–Trinajstić information content (AvgIpc) is 2.74. The number of para-hydroxylation sites is 1. The van der Waals surface area contributed by atoms with Gasteiger partial charge in [0.15, 0.2) is 0 Å². The Morgan fingerprint density at radius 3 is 2.31 bits per heavy atom. The van der Waals surface area contributed by atoms with Gasteiger partial charge in [0.2, 0.25) is 5.95 Å². The Hall–Kier alpha value is -3.15. The van der Waals surface area contributed by atoms with Gasteiger partial charge in [-0.3, -0.25) is 0 Å². The van der Waals surface area contributed by atoms with Crippen molar-refractivity contribution >= 4 is 23.1 Å². The van der Waals surface area contributed by atoms with Crippen LogP contribution in [0.1, 0.15) is 18.2 Å². The molecule has 1 aliphatic rings. The monoisotopic (exact) mass is 391 g/mol. The van der Waals surface area contributed by atoms with Crippen molar-refractivity contribution in [2.45, 2.75) is 20.3 Å². The van der Waals surface area contributed by atoms with Crippen LogP contribution in [0, 0.1) is 12.7 Å². The Morgan fingerprint density at radius 1 is 0.931 bits per heavy atom. The number of halogens is 1. The van der Waals surface area contributed by atoms with Crippen LogP contribution in [0.4, 0.5) is 27.5 Å². The number of piperazine rings is 1. The maximum absolute atomic E-state index is 14.1. The van der Waals surface area contributed by atoms with E-state index in [0.29, 0.717) is 11.6 Å². The highest BCUT2D eigenvalue weighted by Crippen LogP contribution is 2.23. The highest BCUT2D eigenvalue weighted by molar-refractivity contribution is 5.58. The lowest BCUT2D eigenvalue weighted by Crippen LogP contribution is -2.47. The van der Waals surface area contributed by atoms with Crippen LogP contribution >= 0.6 is 0 Å². The molecule has 150 valence electrons. The molecule has 5 nitrogen and oxygen atoms in total. The molecule has 0 amide bonds. The van der Waals surface area contributed by atoms with Crippen molar-refractivity contribution in [3.05, 3.63) is 71.7 Å². The predicted molar refractivity (Wildman–Crippen MR) is 117 cm³/mol. The highest BCUT2D eigenvalue weighted by Gasteiger charge is 2.21. The number of nitrogens with one attached hydrogen (secondary N) is 1. The molecule has 1 N–H and O–H groups in total. The van der Waals surface area contributed by atoms with Crippen molar-refractivity contribution in [2.24, 2.45) is 0 Å². The number of anilines is 4. The van der Waals surface area contributed by atoms with E-state index >= 15 is 0 Å². The van der Waals surface area contributed by atoms with Crippen molar-refractivity contribution in [1.82, 2.24) is 9.97 Å². The molecule has 0 aliphatic carbocycles. The molecule has 2 heterocycles. The summed E-state index contributed by atoms with van der Waals surface area (Å²) in [4.78, 5) is 13.6. The number of hydrogen-bond acceptors (Lipinski definition) is 5. The molecular formula is C23H26FN5. The molecule has 0 bridgehead atoms. The number of aryl methyl sites for hydroxylation is 2. The van der Waals surface area contributed by atoms with Crippen LogP contribution in [0.2, 0.25) is 0 Å². The standard InChI is InChI=1S/C23H26FN5/c1-3-18-8-10-19(11-9-18)26-22-16-17(2)25-23(27-22)29-14-12-28(13-15-29)21-7-5-4-6-20(21)24/h4-11,16H,3,12-15H2,1-2H3,(H,25,26,27). The zero-order chi connectivity index (χ0) is 20.2. The van der Waals surface area contributed by atoms with E-state index in [1.807, 2.05) is 25.1 Å². The van der Waals surface area contributed by atoms with Gasteiger partial charge in [-0.2, -0.15) is 4.98 Å². The molecule has 1 fully saturated rings. The van der Waals surface area contributed by atoms with Crippen molar-refractivity contribution < 1.29 is 4.39 Å². The predicted octanol–water partition coefficient (Wildman–Crippen LogP) is 4.56. The summed E-state index contributed by atoms with van der Waals surface area (Å²) in [6, 6.07) is 17.3. The minimum atomic E-state index is -0.173. The summed E-state index contributed by atoms with van der Waals surface area (Å²) in [7, 11) is 0. The quantitative estimate of drug-likeness (QED) is 0.691. The topological polar surface area (TPSA) is 44.3 Å². The van der Waals surface area contributed by atoms with Gasteiger partial charge in [0, 0.05) is 43.6 Å². The van der Waals surface area contributed by atoms with Gasteiger partial charge in [-0.25, -0.2) is 9.37 Å². The molecule has 1 aliphatic heterocycles. The highest BCUT2D eigenvalue weighted by atomic mass is 19.1. The smallest absolute Gasteiger partial charge is 0.227 e. The second kappa shape index (κ2) is 8.47. The van der Waals surface area contributed by atoms with Crippen molar-refractivity contribution in [3.8, 4) is 0 Å². The Balaban J connectivity index is 1.46. The lowest BCUT2D eigenvalue weighted by molar-refractivity contribution is 0.594. The third-order valence-corrected chi connectivity index (χ3v) is 5.23. The molecule has 1 aromatic heterocycles. The van der Waals surface area contributed by atoms with Gasteiger partial charge in [0.1, 0.15) is 11.6 Å². The van der Waals surface area contributed by atoms with E-state index in [1.165, 1.54) is 11.6 Å². The lowest BCUT2D eigenvalue weighted by atomic mass is 10.1. The van der Waals surface area contributed by atoms with Crippen molar-refractivity contribution in [1.29, 1.82) is 0 Å². The summed E-state index contributed by atoms with van der Waals surface area (Å²) >= 11 is 0. The van der Waals surface area contributed by atoms with Gasteiger partial charge >= 0.3 is 0 Å². The van der Waals surface area contributed by atoms with Crippen LogP contribution < -0.4 is 15.1 Å². The Kier molecular flexibility index (Phi) is 5.60. The maximum atomic E-state index is 14.1. The molecule has 0 atom stereocenters. The van der Waals surface area contributed by atoms with Gasteiger partial charge in [-0.1, -0.05) is 31.2 Å². The van der Waals surface area contributed by atoms with E-state index in [4.69, 9.17) is 4.98 Å². The number of rotatable bonds is 5. The summed E-state index contributed by atoms with van der Waals surface area (Å²) in [5.74, 6) is 1.33. The van der Waals surface area contributed by atoms with E-state index < -0.39 is 0 Å². The summed E-state index contributed by atoms with van der Waals surface area (Å²) in [6.45, 7) is 7.10. The van der Waals surface area contributed by atoms with E-state index in [1.54, 1.807) is 6.07 Å². The summed E-state index contributed by atoms with van der Waals surface area (Å²) in [6.07, 6.45) is 1.02. The molecular weight excluding hydrogens is 365 g/mol. The molecule has 0 radical (unpaired) electrons. The number of nitrogens with zero attached hydrogens (tertiary/aromatic N) is 4. The average molecular weight is 391 g/mol. The summed E-state index contributed by atoms with van der Waals surface area (Å²) < 4.78 is 14.1. The molecule has 3 aromatic rings. The largest absolute Gasteiger partial charge is 0.366 e. The van der Waals surface area contributed by atoms with Crippen LogP contribution in [0.15, 0.2) is 54.6 Å². The molecule has 6 heteroatoms. The summed E-state index contributed by atoms with van der Waals surface area (Å²) in [5, 5.41) is 3.38. The number of benzene rings is 2. The van der Waals surface area contributed by atoms with E-state index in [0.717, 1.165) is 49.8 Å². The van der Waals surface area contributed by atoms with Crippen LogP contribution in [0.3, 0.4) is 0 Å². The van der Waals surface area contributed by atoms with Gasteiger partial charge in [-0.05, 0) is 43.2 Å². The first-order valence-electron chi connectivity index (χ1n) is 10.1. The zero-order valence-corrected chi connectivity index (χ0v) is 16.9. The van der Waals surface area contributed by atoms with E-state index in [9.17, 15) is 4.39 Å². The third-order valence-electron chi connectivity index (χ3n) is 5.23. The third kappa shape index (κ3) is 4.47. The number of hydrogen-bond donors (Lipinski definition) is 1. The maximum Gasteiger partial charge on any atom is 0.227 e. The van der Waals surface area contributed by atoms with E-state index in [2.05, 4.69) is 51.3 Å². The van der Waals surface area contributed by atoms with Crippen LogP contribution in [0.5, 0.6) is 0 Å². The van der Waals surface area contributed by atoms with Crippen molar-refractivity contribution in [2.75, 3.05) is 41.3 Å². The molecule has 4 rings (SSSR count). The van der Waals surface area contributed by atoms with Crippen molar-refractivity contribution in [3.63, 3.8) is 0 Å². The van der Waals surface area contributed by atoms with Gasteiger partial charge in [0.05, 0.1) is 5.69 Å². The van der Waals surface area contributed by atoms with Crippen LogP contribution in [-0.4, -0.2) is 36.1 Å². The normalized spacial score (nSPS) is 14.2. The molecule has 0 saturated carbocycles. The van der Waals surface area contributed by atoms with Gasteiger partial charge in [0.25, 0.3) is 0 Å². The second-order valence-corrected chi connectivity index (χ2v) is 7.30. The fraction of sp³-hybridized carbons (Fsp3) is 0.304. The Bertz CT molecular complexity index is 965. The second-order valence-electron chi connectivity index (χ2n) is 7.30. The Labute approximate surface area is 171 Å². The zero-order valence-electron chi connectivity index (χ0n) is 16.9. The van der Waals surface area contributed by atoms with Gasteiger partial charge in [-0.15, -0.1) is 0 Å².